The first-order valence-electron chi connectivity index (χ1n) is 6.31. The normalized spacial score (nSPS) is 12.2. The van der Waals surface area contributed by atoms with Gasteiger partial charge in [-0.25, -0.2) is 0 Å². The van der Waals surface area contributed by atoms with Gasteiger partial charge >= 0.3 is 0 Å². The molecule has 0 aliphatic rings. The Morgan fingerprint density at radius 3 is 2.72 bits per heavy atom. The summed E-state index contributed by atoms with van der Waals surface area (Å²) in [6, 6.07) is 7.92. The molecule has 0 aliphatic heterocycles. The second-order valence-electron chi connectivity index (χ2n) is 4.30. The van der Waals surface area contributed by atoms with Crippen molar-refractivity contribution in [2.24, 2.45) is 0 Å². The maximum absolute atomic E-state index is 11.7. The third kappa shape index (κ3) is 4.31. The van der Waals surface area contributed by atoms with Crippen LogP contribution in [-0.2, 0) is 4.79 Å². The monoisotopic (exact) mass is 268 g/mol. The van der Waals surface area contributed by atoms with Crippen molar-refractivity contribution in [3.05, 3.63) is 34.9 Å². The topological polar surface area (TPSA) is 32.3 Å². The van der Waals surface area contributed by atoms with Gasteiger partial charge in [-0.3, -0.25) is 4.79 Å². The molecule has 0 saturated heterocycles. The maximum Gasteiger partial charge on any atom is 0.236 e. The highest BCUT2D eigenvalue weighted by atomic mass is 35.5. The Bertz CT molecular complexity index is 395. The summed E-state index contributed by atoms with van der Waals surface area (Å²) in [5, 5.41) is 4.00. The van der Waals surface area contributed by atoms with Crippen molar-refractivity contribution in [1.82, 2.24) is 10.2 Å². The molecule has 0 radical (unpaired) electrons. The summed E-state index contributed by atoms with van der Waals surface area (Å²) < 4.78 is 0. The molecule has 1 N–H and O–H groups in total. The fraction of sp³-hybridized carbons (Fsp3) is 0.500. The summed E-state index contributed by atoms with van der Waals surface area (Å²) in [4.78, 5) is 13.4. The molecular weight excluding hydrogens is 248 g/mol. The van der Waals surface area contributed by atoms with Crippen molar-refractivity contribution < 1.29 is 4.79 Å². The van der Waals surface area contributed by atoms with Gasteiger partial charge in [0.2, 0.25) is 5.91 Å². The van der Waals surface area contributed by atoms with Gasteiger partial charge in [-0.15, -0.1) is 0 Å². The molecule has 1 aromatic carbocycles. The number of nitrogens with one attached hydrogen (secondary N) is 1. The molecule has 0 saturated carbocycles. The highest BCUT2D eigenvalue weighted by Crippen LogP contribution is 2.20. The lowest BCUT2D eigenvalue weighted by molar-refractivity contribution is -0.128. The van der Waals surface area contributed by atoms with Crippen LogP contribution in [0.2, 0.25) is 5.02 Å². The molecule has 0 fully saturated rings. The van der Waals surface area contributed by atoms with Gasteiger partial charge < -0.3 is 10.2 Å². The van der Waals surface area contributed by atoms with Crippen molar-refractivity contribution in [3.63, 3.8) is 0 Å². The Balaban J connectivity index is 2.60. The van der Waals surface area contributed by atoms with Crippen LogP contribution < -0.4 is 5.32 Å². The highest BCUT2D eigenvalue weighted by molar-refractivity contribution is 6.30. The molecule has 4 heteroatoms. The number of rotatable bonds is 6. The lowest BCUT2D eigenvalue weighted by Crippen LogP contribution is -2.36. The second kappa shape index (κ2) is 7.39. The molecule has 1 aromatic rings. The van der Waals surface area contributed by atoms with E-state index in [1.165, 1.54) is 0 Å². The van der Waals surface area contributed by atoms with Crippen LogP contribution in [0.5, 0.6) is 0 Å². The number of carbonyl (C=O) groups excluding carboxylic acids is 1. The molecule has 0 spiro atoms. The van der Waals surface area contributed by atoms with E-state index in [0.29, 0.717) is 6.54 Å². The Hall–Kier alpha value is -1.06. The van der Waals surface area contributed by atoms with Crippen molar-refractivity contribution in [2.45, 2.75) is 26.3 Å². The zero-order valence-electron chi connectivity index (χ0n) is 11.2. The van der Waals surface area contributed by atoms with Crippen LogP contribution in [0.25, 0.3) is 0 Å². The summed E-state index contributed by atoms with van der Waals surface area (Å²) in [6.45, 7) is 5.14. The van der Waals surface area contributed by atoms with Gasteiger partial charge in [-0.1, -0.05) is 30.7 Å². The van der Waals surface area contributed by atoms with Crippen molar-refractivity contribution >= 4 is 17.5 Å². The number of amides is 1. The summed E-state index contributed by atoms with van der Waals surface area (Å²) in [5.41, 5.74) is 1.12. The molecule has 0 aromatic heterocycles. The van der Waals surface area contributed by atoms with Gasteiger partial charge in [0.05, 0.1) is 6.54 Å². The van der Waals surface area contributed by atoms with E-state index in [2.05, 4.69) is 12.2 Å². The molecule has 0 bridgehead atoms. The number of benzene rings is 1. The van der Waals surface area contributed by atoms with Crippen molar-refractivity contribution in [3.8, 4) is 0 Å². The van der Waals surface area contributed by atoms with E-state index < -0.39 is 0 Å². The number of carbonyl (C=O) groups is 1. The Morgan fingerprint density at radius 1 is 1.44 bits per heavy atom. The first kappa shape index (κ1) is 15.0. The van der Waals surface area contributed by atoms with Gasteiger partial charge in [0.25, 0.3) is 0 Å². The minimum Gasteiger partial charge on any atom is -0.345 e. The molecular formula is C14H21ClN2O. The fourth-order valence-electron chi connectivity index (χ4n) is 1.74. The summed E-state index contributed by atoms with van der Waals surface area (Å²) in [5.74, 6) is 0.109. The maximum atomic E-state index is 11.7. The van der Waals surface area contributed by atoms with E-state index in [4.69, 9.17) is 11.6 Å². The fourth-order valence-corrected chi connectivity index (χ4v) is 1.94. The lowest BCUT2D eigenvalue weighted by Gasteiger charge is -2.20. The van der Waals surface area contributed by atoms with Crippen LogP contribution in [0.15, 0.2) is 24.3 Å². The van der Waals surface area contributed by atoms with Crippen LogP contribution in [0.4, 0.5) is 0 Å². The quantitative estimate of drug-likeness (QED) is 0.860. The zero-order chi connectivity index (χ0) is 13.5. The van der Waals surface area contributed by atoms with Gasteiger partial charge in [-0.05, 0) is 31.0 Å². The zero-order valence-corrected chi connectivity index (χ0v) is 12.0. The molecule has 0 aliphatic carbocycles. The molecule has 18 heavy (non-hydrogen) atoms. The average Bonchev–Trinajstić information content (AvgIpc) is 2.38. The number of likely N-dealkylation sites (N-methyl/N-ethyl adjacent to an activating group) is 1. The minimum atomic E-state index is 0.109. The smallest absolute Gasteiger partial charge is 0.236 e. The molecule has 100 valence electrons. The molecule has 1 unspecified atom stereocenters. The SMILES string of the molecule is CCC(NCC(=O)N(C)CC)c1cccc(Cl)c1. The Morgan fingerprint density at radius 2 is 2.17 bits per heavy atom. The third-order valence-electron chi connectivity index (χ3n) is 3.06. The summed E-state index contributed by atoms with van der Waals surface area (Å²) >= 11 is 5.98. The van der Waals surface area contributed by atoms with Crippen molar-refractivity contribution in [2.75, 3.05) is 20.1 Å². The molecule has 1 atom stereocenters. The van der Waals surface area contributed by atoms with E-state index >= 15 is 0 Å². The van der Waals surface area contributed by atoms with E-state index in [-0.39, 0.29) is 11.9 Å². The van der Waals surface area contributed by atoms with E-state index in [1.54, 1.807) is 4.90 Å². The first-order valence-corrected chi connectivity index (χ1v) is 6.69. The summed E-state index contributed by atoms with van der Waals surface area (Å²) in [7, 11) is 1.81. The van der Waals surface area contributed by atoms with Crippen LogP contribution in [0.3, 0.4) is 0 Å². The first-order chi connectivity index (χ1) is 8.58. The van der Waals surface area contributed by atoms with E-state index in [0.717, 1.165) is 23.6 Å². The van der Waals surface area contributed by atoms with Crippen LogP contribution in [-0.4, -0.2) is 30.9 Å². The van der Waals surface area contributed by atoms with Crippen LogP contribution in [0, 0.1) is 0 Å². The number of halogens is 1. The molecule has 3 nitrogen and oxygen atoms in total. The lowest BCUT2D eigenvalue weighted by atomic mass is 10.0. The summed E-state index contributed by atoms with van der Waals surface area (Å²) in [6.07, 6.45) is 0.920. The molecule has 1 amide bonds. The van der Waals surface area contributed by atoms with Gasteiger partial charge in [0.15, 0.2) is 0 Å². The second-order valence-corrected chi connectivity index (χ2v) is 4.74. The largest absolute Gasteiger partial charge is 0.345 e. The standard InChI is InChI=1S/C14H21ClN2O/c1-4-13(11-7-6-8-12(15)9-11)16-10-14(18)17(3)5-2/h6-9,13,16H,4-5,10H2,1-3H3. The number of hydrogen-bond acceptors (Lipinski definition) is 2. The molecule has 0 heterocycles. The third-order valence-corrected chi connectivity index (χ3v) is 3.29. The minimum absolute atomic E-state index is 0.109. The average molecular weight is 269 g/mol. The predicted octanol–water partition coefficient (Wildman–Crippen LogP) is 2.86. The predicted molar refractivity (Wildman–Crippen MR) is 75.8 cm³/mol. The highest BCUT2D eigenvalue weighted by Gasteiger charge is 2.12. The number of nitrogens with zero attached hydrogens (tertiary/aromatic N) is 1. The van der Waals surface area contributed by atoms with Gasteiger partial charge in [-0.2, -0.15) is 0 Å². The molecule has 1 rings (SSSR count). The van der Waals surface area contributed by atoms with Gasteiger partial charge in [0, 0.05) is 24.7 Å². The Labute approximate surface area is 114 Å². The van der Waals surface area contributed by atoms with E-state index in [1.807, 2.05) is 38.2 Å². The van der Waals surface area contributed by atoms with Crippen LogP contribution >= 0.6 is 11.6 Å². The van der Waals surface area contributed by atoms with Gasteiger partial charge in [0.1, 0.15) is 0 Å². The number of hydrogen-bond donors (Lipinski definition) is 1. The van der Waals surface area contributed by atoms with Crippen LogP contribution in [0.1, 0.15) is 31.9 Å². The van der Waals surface area contributed by atoms with Crippen molar-refractivity contribution in [1.29, 1.82) is 0 Å². The Kier molecular flexibility index (Phi) is 6.16. The van der Waals surface area contributed by atoms with E-state index in [9.17, 15) is 4.79 Å².